The molecule has 1 atom stereocenters. The van der Waals surface area contributed by atoms with Gasteiger partial charge >= 0.3 is 0 Å². The summed E-state index contributed by atoms with van der Waals surface area (Å²) >= 11 is 0. The van der Waals surface area contributed by atoms with Crippen molar-refractivity contribution in [3.8, 4) is 22.8 Å². The molecule has 8 nitrogen and oxygen atoms in total. The van der Waals surface area contributed by atoms with Gasteiger partial charge in [0.2, 0.25) is 0 Å². The molecule has 2 heterocycles. The molecule has 2 aromatic carbocycles. The topological polar surface area (TPSA) is 86.1 Å². The van der Waals surface area contributed by atoms with Crippen molar-refractivity contribution >= 4 is 16.6 Å². The van der Waals surface area contributed by atoms with Crippen LogP contribution < -0.4 is 20.1 Å². The molecule has 0 saturated heterocycles. The minimum absolute atomic E-state index is 0.00133. The van der Waals surface area contributed by atoms with Crippen molar-refractivity contribution in [3.63, 3.8) is 0 Å². The second-order valence-electron chi connectivity index (χ2n) is 8.31. The van der Waals surface area contributed by atoms with Crippen molar-refractivity contribution in [1.29, 1.82) is 0 Å². The number of ether oxygens (including phenoxy) is 2. The number of fused-ring (bicyclic) bond motifs is 1. The molecule has 0 aliphatic heterocycles. The van der Waals surface area contributed by atoms with Gasteiger partial charge in [0.1, 0.15) is 11.5 Å². The summed E-state index contributed by atoms with van der Waals surface area (Å²) in [5.41, 5.74) is 4.64. The summed E-state index contributed by atoms with van der Waals surface area (Å²) in [6, 6.07) is 14.5. The predicted octanol–water partition coefficient (Wildman–Crippen LogP) is 4.20. The zero-order chi connectivity index (χ0) is 23.4. The molecule has 172 valence electrons. The van der Waals surface area contributed by atoms with E-state index in [0.717, 1.165) is 51.5 Å². The number of nitrogens with zero attached hydrogens (tertiary/aromatic N) is 4. The first-order valence-corrected chi connectivity index (χ1v) is 10.9. The van der Waals surface area contributed by atoms with Gasteiger partial charge in [0.25, 0.3) is 0 Å². The average molecular weight is 447 g/mol. The van der Waals surface area contributed by atoms with E-state index < -0.39 is 0 Å². The Labute approximate surface area is 193 Å². The lowest BCUT2D eigenvalue weighted by molar-refractivity contribution is 0.392. The summed E-state index contributed by atoms with van der Waals surface area (Å²) in [5.74, 6) is 1.52. The number of benzene rings is 2. The van der Waals surface area contributed by atoms with E-state index in [-0.39, 0.29) is 6.04 Å². The van der Waals surface area contributed by atoms with Crippen molar-refractivity contribution in [2.24, 2.45) is 7.05 Å². The molecule has 2 aromatic heterocycles. The van der Waals surface area contributed by atoms with Crippen LogP contribution in [0.5, 0.6) is 11.5 Å². The maximum absolute atomic E-state index is 5.49. The highest BCUT2D eigenvalue weighted by Crippen LogP contribution is 2.30. The molecule has 0 aliphatic rings. The van der Waals surface area contributed by atoms with Crippen molar-refractivity contribution in [3.05, 3.63) is 60.4 Å². The lowest BCUT2D eigenvalue weighted by atomic mass is 10.0. The number of aryl methyl sites for hydroxylation is 1. The highest BCUT2D eigenvalue weighted by Gasteiger charge is 2.16. The summed E-state index contributed by atoms with van der Waals surface area (Å²) in [6.07, 6.45) is 3.73. The molecule has 0 amide bonds. The van der Waals surface area contributed by atoms with Crippen LogP contribution in [0.4, 0.5) is 5.69 Å². The second kappa shape index (κ2) is 9.87. The fourth-order valence-corrected chi connectivity index (χ4v) is 3.67. The largest absolute Gasteiger partial charge is 0.497 e. The number of hydrogen-bond acceptors (Lipinski definition) is 7. The molecule has 8 heteroatoms. The van der Waals surface area contributed by atoms with Gasteiger partial charge in [0, 0.05) is 48.5 Å². The molecule has 0 radical (unpaired) electrons. The Kier molecular flexibility index (Phi) is 6.74. The Balaban J connectivity index is 1.67. The minimum atomic E-state index is 0.00133. The average Bonchev–Trinajstić information content (AvgIpc) is 3.27. The minimum Gasteiger partial charge on any atom is -0.497 e. The van der Waals surface area contributed by atoms with Crippen LogP contribution in [-0.2, 0) is 7.05 Å². The fourth-order valence-electron chi connectivity index (χ4n) is 3.67. The molecule has 33 heavy (non-hydrogen) atoms. The standard InChI is InChI=1S/C25H30N6O2/c1-16(2)26-14-25(18-9-21(32-4)12-22(10-18)33-5)28-20-6-7-23-17(8-20)11-24(30-29-23)19-13-27-31(3)15-19/h6-13,15-16,25-26,28H,14H2,1-5H3. The van der Waals surface area contributed by atoms with Gasteiger partial charge in [-0.05, 0) is 42.0 Å². The van der Waals surface area contributed by atoms with Crippen LogP contribution in [0.3, 0.4) is 0 Å². The molecule has 0 bridgehead atoms. The van der Waals surface area contributed by atoms with Crippen molar-refractivity contribution in [1.82, 2.24) is 25.3 Å². The Morgan fingerprint density at radius 3 is 2.36 bits per heavy atom. The summed E-state index contributed by atoms with van der Waals surface area (Å²) < 4.78 is 12.7. The van der Waals surface area contributed by atoms with Gasteiger partial charge in [-0.1, -0.05) is 13.8 Å². The molecule has 0 fully saturated rings. The lowest BCUT2D eigenvalue weighted by Crippen LogP contribution is -2.31. The Morgan fingerprint density at radius 1 is 0.970 bits per heavy atom. The highest BCUT2D eigenvalue weighted by molar-refractivity contribution is 5.85. The first-order valence-electron chi connectivity index (χ1n) is 10.9. The van der Waals surface area contributed by atoms with Gasteiger partial charge in [-0.3, -0.25) is 4.68 Å². The number of nitrogens with one attached hydrogen (secondary N) is 2. The zero-order valence-corrected chi connectivity index (χ0v) is 19.7. The molecule has 4 aromatic rings. The van der Waals surface area contributed by atoms with E-state index >= 15 is 0 Å². The van der Waals surface area contributed by atoms with Crippen LogP contribution in [0.25, 0.3) is 22.2 Å². The van der Waals surface area contributed by atoms with Crippen LogP contribution in [-0.4, -0.2) is 46.8 Å². The SMILES string of the molecule is COc1cc(OC)cc(C(CNC(C)C)Nc2ccc3nnc(-c4cnn(C)c4)cc3c2)c1. The number of rotatable bonds is 9. The monoisotopic (exact) mass is 446 g/mol. The molecule has 4 rings (SSSR count). The van der Waals surface area contributed by atoms with Crippen molar-refractivity contribution in [2.45, 2.75) is 25.9 Å². The molecule has 1 unspecified atom stereocenters. The Hall–Kier alpha value is -3.65. The van der Waals surface area contributed by atoms with Crippen LogP contribution in [0.2, 0.25) is 0 Å². The summed E-state index contributed by atoms with van der Waals surface area (Å²) in [6.45, 7) is 5.01. The summed E-state index contributed by atoms with van der Waals surface area (Å²) in [5, 5.41) is 21.2. The fraction of sp³-hybridized carbons (Fsp3) is 0.320. The quantitative estimate of drug-likeness (QED) is 0.398. The molecular formula is C25H30N6O2. The van der Waals surface area contributed by atoms with E-state index in [9.17, 15) is 0 Å². The predicted molar refractivity (Wildman–Crippen MR) is 131 cm³/mol. The van der Waals surface area contributed by atoms with E-state index in [1.165, 1.54) is 0 Å². The third-order valence-corrected chi connectivity index (χ3v) is 5.43. The normalized spacial score (nSPS) is 12.2. The van der Waals surface area contributed by atoms with E-state index in [2.05, 4.69) is 45.8 Å². The van der Waals surface area contributed by atoms with Gasteiger partial charge in [-0.25, -0.2) is 0 Å². The van der Waals surface area contributed by atoms with Crippen molar-refractivity contribution < 1.29 is 9.47 Å². The lowest BCUT2D eigenvalue weighted by Gasteiger charge is -2.23. The number of aromatic nitrogens is 4. The molecule has 2 N–H and O–H groups in total. The zero-order valence-electron chi connectivity index (χ0n) is 19.7. The van der Waals surface area contributed by atoms with E-state index in [0.29, 0.717) is 6.04 Å². The van der Waals surface area contributed by atoms with Crippen molar-refractivity contribution in [2.75, 3.05) is 26.1 Å². The van der Waals surface area contributed by atoms with E-state index in [1.807, 2.05) is 49.6 Å². The van der Waals surface area contributed by atoms with Crippen LogP contribution >= 0.6 is 0 Å². The summed E-state index contributed by atoms with van der Waals surface area (Å²) in [4.78, 5) is 0. The van der Waals surface area contributed by atoms with Gasteiger partial charge in [0.15, 0.2) is 0 Å². The smallest absolute Gasteiger partial charge is 0.122 e. The van der Waals surface area contributed by atoms with Crippen LogP contribution in [0, 0.1) is 0 Å². The molecule has 0 aliphatic carbocycles. The van der Waals surface area contributed by atoms with Crippen LogP contribution in [0.1, 0.15) is 25.5 Å². The van der Waals surface area contributed by atoms with Crippen LogP contribution in [0.15, 0.2) is 54.9 Å². The molecule has 0 saturated carbocycles. The molecule has 0 spiro atoms. The number of methoxy groups -OCH3 is 2. The maximum Gasteiger partial charge on any atom is 0.122 e. The van der Waals surface area contributed by atoms with Gasteiger partial charge in [-0.2, -0.15) is 5.10 Å². The summed E-state index contributed by atoms with van der Waals surface area (Å²) in [7, 11) is 5.22. The third-order valence-electron chi connectivity index (χ3n) is 5.43. The first kappa shape index (κ1) is 22.5. The molecular weight excluding hydrogens is 416 g/mol. The first-order chi connectivity index (χ1) is 15.9. The van der Waals surface area contributed by atoms with Gasteiger partial charge in [0.05, 0.1) is 37.7 Å². The van der Waals surface area contributed by atoms with E-state index in [1.54, 1.807) is 25.1 Å². The number of anilines is 1. The Morgan fingerprint density at radius 2 is 1.73 bits per heavy atom. The van der Waals surface area contributed by atoms with Gasteiger partial charge < -0.3 is 20.1 Å². The van der Waals surface area contributed by atoms with E-state index in [4.69, 9.17) is 9.47 Å². The Bertz CT molecular complexity index is 1210. The third kappa shape index (κ3) is 5.40. The maximum atomic E-state index is 5.49. The number of hydrogen-bond donors (Lipinski definition) is 2. The second-order valence-corrected chi connectivity index (χ2v) is 8.31. The van der Waals surface area contributed by atoms with Gasteiger partial charge in [-0.15, -0.1) is 10.2 Å². The highest BCUT2D eigenvalue weighted by atomic mass is 16.5.